The molecule has 1 heterocycles. The molecule has 2 rings (SSSR count). The monoisotopic (exact) mass is 235 g/mol. The minimum atomic E-state index is -0.961. The molecule has 0 bridgehead atoms. The summed E-state index contributed by atoms with van der Waals surface area (Å²) in [4.78, 5) is 23.9. The molecule has 90 valence electrons. The molecule has 2 N–H and O–H groups in total. The highest BCUT2D eigenvalue weighted by molar-refractivity contribution is 5.99. The van der Waals surface area contributed by atoms with Crippen molar-refractivity contribution in [3.63, 3.8) is 0 Å². The molecule has 0 aliphatic carbocycles. The van der Waals surface area contributed by atoms with E-state index in [1.165, 1.54) is 11.0 Å². The van der Waals surface area contributed by atoms with Crippen molar-refractivity contribution in [2.45, 2.75) is 13.3 Å². The number of hydrogen-bond donors (Lipinski definition) is 2. The number of carbonyl (C=O) groups excluding carboxylic acids is 1. The van der Waals surface area contributed by atoms with E-state index in [0.29, 0.717) is 5.69 Å². The van der Waals surface area contributed by atoms with Crippen molar-refractivity contribution in [3.05, 3.63) is 23.8 Å². The van der Waals surface area contributed by atoms with Crippen LogP contribution in [-0.2, 0) is 9.59 Å². The Bertz CT molecular complexity index is 483. The van der Waals surface area contributed by atoms with Gasteiger partial charge in [0.05, 0.1) is 5.92 Å². The number of phenolic OH excluding ortho intramolecular Hbond substituents is 1. The van der Waals surface area contributed by atoms with Crippen molar-refractivity contribution >= 4 is 17.6 Å². The van der Waals surface area contributed by atoms with E-state index in [0.717, 1.165) is 5.56 Å². The number of nitrogens with zero attached hydrogens (tertiary/aromatic N) is 1. The molecule has 1 aromatic carbocycles. The van der Waals surface area contributed by atoms with Gasteiger partial charge in [-0.2, -0.15) is 0 Å². The third-order valence-corrected chi connectivity index (χ3v) is 2.98. The van der Waals surface area contributed by atoms with Gasteiger partial charge in [0.2, 0.25) is 5.91 Å². The maximum absolute atomic E-state index is 11.7. The van der Waals surface area contributed by atoms with Crippen molar-refractivity contribution in [3.8, 4) is 5.75 Å². The summed E-state index contributed by atoms with van der Waals surface area (Å²) in [6.07, 6.45) is 0.0178. The van der Waals surface area contributed by atoms with E-state index < -0.39 is 11.9 Å². The summed E-state index contributed by atoms with van der Waals surface area (Å²) < 4.78 is 0. The molecule has 5 nitrogen and oxygen atoms in total. The number of carbonyl (C=O) groups is 2. The number of benzene rings is 1. The third kappa shape index (κ3) is 2.08. The quantitative estimate of drug-likeness (QED) is 0.805. The lowest BCUT2D eigenvalue weighted by Gasteiger charge is -2.16. The predicted molar refractivity (Wildman–Crippen MR) is 60.9 cm³/mol. The van der Waals surface area contributed by atoms with E-state index in [1.807, 2.05) is 0 Å². The van der Waals surface area contributed by atoms with Crippen LogP contribution in [0.15, 0.2) is 18.2 Å². The molecule has 0 spiro atoms. The molecule has 5 heteroatoms. The summed E-state index contributed by atoms with van der Waals surface area (Å²) in [7, 11) is 0. The zero-order chi connectivity index (χ0) is 12.6. The standard InChI is InChI=1S/C12H13NO4/c1-7-2-3-9(5-10(7)14)13-6-8(12(16)17)4-11(13)15/h2-3,5,8,14H,4,6H2,1H3,(H,16,17). The SMILES string of the molecule is Cc1ccc(N2CC(C(=O)O)CC2=O)cc1O. The largest absolute Gasteiger partial charge is 0.508 e. The van der Waals surface area contributed by atoms with E-state index in [2.05, 4.69) is 0 Å². The molecular formula is C12H13NO4. The van der Waals surface area contributed by atoms with Crippen molar-refractivity contribution in [2.75, 3.05) is 11.4 Å². The van der Waals surface area contributed by atoms with Crippen LogP contribution in [0.3, 0.4) is 0 Å². The highest BCUT2D eigenvalue weighted by Gasteiger charge is 2.35. The maximum Gasteiger partial charge on any atom is 0.308 e. The summed E-state index contributed by atoms with van der Waals surface area (Å²) in [5, 5.41) is 18.4. The molecule has 1 unspecified atom stereocenters. The average molecular weight is 235 g/mol. The first-order chi connectivity index (χ1) is 7.99. The first-order valence-electron chi connectivity index (χ1n) is 5.32. The minimum absolute atomic E-state index is 0.0178. The Labute approximate surface area is 98.3 Å². The smallest absolute Gasteiger partial charge is 0.308 e. The first kappa shape index (κ1) is 11.4. The fourth-order valence-corrected chi connectivity index (χ4v) is 1.89. The number of aliphatic carboxylic acids is 1. The van der Waals surface area contributed by atoms with Crippen molar-refractivity contribution in [1.82, 2.24) is 0 Å². The molecule has 1 fully saturated rings. The van der Waals surface area contributed by atoms with Gasteiger partial charge in [-0.05, 0) is 18.6 Å². The van der Waals surface area contributed by atoms with Crippen LogP contribution in [0.2, 0.25) is 0 Å². The molecule has 1 aromatic rings. The summed E-state index contributed by atoms with van der Waals surface area (Å²) in [5.74, 6) is -1.74. The first-order valence-corrected chi connectivity index (χ1v) is 5.32. The van der Waals surface area contributed by atoms with Gasteiger partial charge in [0, 0.05) is 24.7 Å². The fraction of sp³-hybridized carbons (Fsp3) is 0.333. The lowest BCUT2D eigenvalue weighted by atomic mass is 10.1. The summed E-state index contributed by atoms with van der Waals surface area (Å²) in [6.45, 7) is 1.92. The van der Waals surface area contributed by atoms with Crippen molar-refractivity contribution in [2.24, 2.45) is 5.92 Å². The summed E-state index contributed by atoms with van der Waals surface area (Å²) in [5.41, 5.74) is 1.26. The van der Waals surface area contributed by atoms with Crippen LogP contribution in [0.5, 0.6) is 5.75 Å². The fourth-order valence-electron chi connectivity index (χ4n) is 1.89. The van der Waals surface area contributed by atoms with E-state index in [-0.39, 0.29) is 24.6 Å². The highest BCUT2D eigenvalue weighted by Crippen LogP contribution is 2.29. The van der Waals surface area contributed by atoms with Gasteiger partial charge in [-0.25, -0.2) is 0 Å². The summed E-state index contributed by atoms with van der Waals surface area (Å²) in [6, 6.07) is 4.89. The number of carboxylic acid groups (broad SMARTS) is 1. The number of aryl methyl sites for hydroxylation is 1. The number of phenols is 1. The van der Waals surface area contributed by atoms with Gasteiger partial charge in [-0.3, -0.25) is 9.59 Å². The Balaban J connectivity index is 2.26. The molecule has 17 heavy (non-hydrogen) atoms. The molecule has 1 saturated heterocycles. The molecule has 1 atom stereocenters. The van der Waals surface area contributed by atoms with Gasteiger partial charge in [-0.1, -0.05) is 6.07 Å². The zero-order valence-electron chi connectivity index (χ0n) is 9.38. The Kier molecular flexibility index (Phi) is 2.75. The molecular weight excluding hydrogens is 222 g/mol. The van der Waals surface area contributed by atoms with E-state index in [4.69, 9.17) is 5.11 Å². The molecule has 0 radical (unpaired) electrons. The number of aromatic hydroxyl groups is 1. The number of rotatable bonds is 2. The van der Waals surface area contributed by atoms with Crippen LogP contribution in [0.4, 0.5) is 5.69 Å². The second-order valence-corrected chi connectivity index (χ2v) is 4.21. The van der Waals surface area contributed by atoms with E-state index in [9.17, 15) is 14.7 Å². The Morgan fingerprint density at radius 2 is 2.18 bits per heavy atom. The van der Waals surface area contributed by atoms with E-state index >= 15 is 0 Å². The number of hydrogen-bond acceptors (Lipinski definition) is 3. The minimum Gasteiger partial charge on any atom is -0.508 e. The normalized spacial score (nSPS) is 19.7. The van der Waals surface area contributed by atoms with Gasteiger partial charge < -0.3 is 15.1 Å². The Morgan fingerprint density at radius 1 is 1.47 bits per heavy atom. The average Bonchev–Trinajstić information content (AvgIpc) is 2.65. The second-order valence-electron chi connectivity index (χ2n) is 4.21. The van der Waals surface area contributed by atoms with Gasteiger partial charge >= 0.3 is 5.97 Å². The van der Waals surface area contributed by atoms with Crippen LogP contribution >= 0.6 is 0 Å². The topological polar surface area (TPSA) is 77.8 Å². The van der Waals surface area contributed by atoms with Crippen LogP contribution in [0.1, 0.15) is 12.0 Å². The van der Waals surface area contributed by atoms with Gasteiger partial charge in [0.25, 0.3) is 0 Å². The van der Waals surface area contributed by atoms with Gasteiger partial charge in [0.15, 0.2) is 0 Å². The van der Waals surface area contributed by atoms with Crippen LogP contribution in [0, 0.1) is 12.8 Å². The molecule has 0 aromatic heterocycles. The predicted octanol–water partition coefficient (Wildman–Crippen LogP) is 1.14. The van der Waals surface area contributed by atoms with E-state index in [1.54, 1.807) is 19.1 Å². The van der Waals surface area contributed by atoms with Crippen molar-refractivity contribution < 1.29 is 19.8 Å². The van der Waals surface area contributed by atoms with Crippen LogP contribution in [-0.4, -0.2) is 28.6 Å². The lowest BCUT2D eigenvalue weighted by Crippen LogP contribution is -2.25. The maximum atomic E-state index is 11.7. The molecule has 1 amide bonds. The van der Waals surface area contributed by atoms with Crippen LogP contribution in [0.25, 0.3) is 0 Å². The van der Waals surface area contributed by atoms with Crippen molar-refractivity contribution in [1.29, 1.82) is 0 Å². The van der Waals surface area contributed by atoms with Crippen LogP contribution < -0.4 is 4.90 Å². The second kappa shape index (κ2) is 4.08. The van der Waals surface area contributed by atoms with Gasteiger partial charge in [-0.15, -0.1) is 0 Å². The lowest BCUT2D eigenvalue weighted by molar-refractivity contribution is -0.141. The Hall–Kier alpha value is -2.04. The summed E-state index contributed by atoms with van der Waals surface area (Å²) >= 11 is 0. The number of amides is 1. The molecule has 1 aliphatic heterocycles. The zero-order valence-corrected chi connectivity index (χ0v) is 9.38. The third-order valence-electron chi connectivity index (χ3n) is 2.98. The number of carboxylic acids is 1. The Morgan fingerprint density at radius 3 is 2.71 bits per heavy atom. The highest BCUT2D eigenvalue weighted by atomic mass is 16.4. The van der Waals surface area contributed by atoms with Gasteiger partial charge in [0.1, 0.15) is 5.75 Å². The number of anilines is 1. The molecule has 1 aliphatic rings. The molecule has 0 saturated carbocycles.